The van der Waals surface area contributed by atoms with Crippen LogP contribution in [0.25, 0.3) is 16.7 Å². The van der Waals surface area contributed by atoms with Crippen molar-refractivity contribution in [2.24, 2.45) is 0 Å². The summed E-state index contributed by atoms with van der Waals surface area (Å²) >= 11 is 0. The number of anilines is 1. The summed E-state index contributed by atoms with van der Waals surface area (Å²) in [5, 5.41) is 13.2. The number of ether oxygens (including phenoxy) is 1. The van der Waals surface area contributed by atoms with Crippen LogP contribution in [0.5, 0.6) is 11.6 Å². The van der Waals surface area contributed by atoms with Crippen molar-refractivity contribution in [3.63, 3.8) is 0 Å². The van der Waals surface area contributed by atoms with E-state index in [0.29, 0.717) is 28.7 Å². The van der Waals surface area contributed by atoms with Gasteiger partial charge in [0.25, 0.3) is 10.0 Å². The number of fused-ring (bicyclic) bond motifs is 1. The fourth-order valence-corrected chi connectivity index (χ4v) is 4.49. The maximum Gasteiger partial charge on any atom is 0.264 e. The molecule has 0 fully saturated rings. The van der Waals surface area contributed by atoms with Crippen LogP contribution in [0, 0.1) is 6.92 Å². The average molecular weight is 459 g/mol. The summed E-state index contributed by atoms with van der Waals surface area (Å²) in [6, 6.07) is 20.4. The third-order valence-corrected chi connectivity index (χ3v) is 6.21. The first kappa shape index (κ1) is 20.6. The number of aryl methyl sites for hydroxylation is 1. The SMILES string of the molecule is Cc1ccn(-c2ccc(Oc3ccc(NS(=O)(=O)c4cccc5cccnc45)cc3)nn2)n1. The van der Waals surface area contributed by atoms with Gasteiger partial charge in [0.1, 0.15) is 10.6 Å². The lowest BCUT2D eigenvalue weighted by Gasteiger charge is -2.11. The van der Waals surface area contributed by atoms with Gasteiger partial charge in [0.15, 0.2) is 5.82 Å². The molecule has 0 aliphatic carbocycles. The second-order valence-corrected chi connectivity index (χ2v) is 8.85. The summed E-state index contributed by atoms with van der Waals surface area (Å²) in [6.07, 6.45) is 3.37. The minimum atomic E-state index is -3.83. The molecule has 0 saturated carbocycles. The zero-order valence-electron chi connectivity index (χ0n) is 17.5. The van der Waals surface area contributed by atoms with Gasteiger partial charge < -0.3 is 4.74 Å². The molecule has 0 aliphatic heterocycles. The predicted molar refractivity (Wildman–Crippen MR) is 123 cm³/mol. The standard InChI is InChI=1S/C23H18N6O3S/c1-16-13-15-29(27-16)21-11-12-22(26-25-21)32-19-9-7-18(8-10-19)28-33(30,31)20-6-2-4-17-5-3-14-24-23(17)20/h2-15,28H,1H3. The number of aromatic nitrogens is 5. The molecule has 3 heterocycles. The molecule has 0 bridgehead atoms. The van der Waals surface area contributed by atoms with Gasteiger partial charge in [-0.15, -0.1) is 10.2 Å². The Morgan fingerprint density at radius 1 is 0.909 bits per heavy atom. The Kier molecular flexibility index (Phi) is 5.19. The van der Waals surface area contributed by atoms with E-state index in [0.717, 1.165) is 11.1 Å². The second-order valence-electron chi connectivity index (χ2n) is 7.19. The summed E-state index contributed by atoms with van der Waals surface area (Å²) in [6.45, 7) is 1.89. The Hall–Kier alpha value is -4.31. The Morgan fingerprint density at radius 2 is 1.73 bits per heavy atom. The smallest absolute Gasteiger partial charge is 0.264 e. The quantitative estimate of drug-likeness (QED) is 0.407. The molecule has 0 atom stereocenters. The highest BCUT2D eigenvalue weighted by Gasteiger charge is 2.18. The minimum Gasteiger partial charge on any atom is -0.438 e. The van der Waals surface area contributed by atoms with Gasteiger partial charge in [0.2, 0.25) is 5.88 Å². The van der Waals surface area contributed by atoms with Crippen molar-refractivity contribution in [3.8, 4) is 17.4 Å². The third-order valence-electron chi connectivity index (χ3n) is 4.80. The van der Waals surface area contributed by atoms with Crippen molar-refractivity contribution >= 4 is 26.6 Å². The van der Waals surface area contributed by atoms with Gasteiger partial charge >= 0.3 is 0 Å². The van der Waals surface area contributed by atoms with Crippen LogP contribution in [0.2, 0.25) is 0 Å². The third kappa shape index (κ3) is 4.37. The molecule has 5 rings (SSSR count). The van der Waals surface area contributed by atoms with E-state index in [1.54, 1.807) is 65.6 Å². The Labute approximate surface area is 189 Å². The Bertz CT molecular complexity index is 1530. The van der Waals surface area contributed by atoms with E-state index in [1.807, 2.05) is 25.1 Å². The van der Waals surface area contributed by atoms with E-state index in [1.165, 1.54) is 6.07 Å². The van der Waals surface area contributed by atoms with Gasteiger partial charge in [-0.25, -0.2) is 13.1 Å². The maximum atomic E-state index is 12.9. The highest BCUT2D eigenvalue weighted by atomic mass is 32.2. The number of nitrogens with one attached hydrogen (secondary N) is 1. The van der Waals surface area contributed by atoms with Crippen molar-refractivity contribution < 1.29 is 13.2 Å². The summed E-state index contributed by atoms with van der Waals surface area (Å²) in [4.78, 5) is 4.33. The highest BCUT2D eigenvalue weighted by molar-refractivity contribution is 7.93. The Balaban J connectivity index is 1.30. The number of hydrogen-bond donors (Lipinski definition) is 1. The lowest BCUT2D eigenvalue weighted by atomic mass is 10.2. The van der Waals surface area contributed by atoms with Gasteiger partial charge in [0.05, 0.1) is 11.2 Å². The first-order valence-electron chi connectivity index (χ1n) is 9.99. The van der Waals surface area contributed by atoms with E-state index in [-0.39, 0.29) is 4.90 Å². The first-order valence-corrected chi connectivity index (χ1v) is 11.5. The predicted octanol–water partition coefficient (Wildman–Crippen LogP) is 4.11. The molecule has 10 heteroatoms. The number of pyridine rings is 1. The van der Waals surface area contributed by atoms with Gasteiger partial charge in [-0.3, -0.25) is 9.71 Å². The number of para-hydroxylation sites is 1. The fraction of sp³-hybridized carbons (Fsp3) is 0.0435. The normalized spacial score (nSPS) is 11.4. The van der Waals surface area contributed by atoms with Crippen LogP contribution in [0.1, 0.15) is 5.69 Å². The molecule has 0 aliphatic rings. The molecular formula is C23H18N6O3S. The number of sulfonamides is 1. The molecule has 2 aromatic carbocycles. The van der Waals surface area contributed by atoms with E-state index in [9.17, 15) is 8.42 Å². The highest BCUT2D eigenvalue weighted by Crippen LogP contribution is 2.25. The van der Waals surface area contributed by atoms with Crippen molar-refractivity contribution in [3.05, 3.63) is 90.9 Å². The van der Waals surface area contributed by atoms with Crippen molar-refractivity contribution in [2.45, 2.75) is 11.8 Å². The summed E-state index contributed by atoms with van der Waals surface area (Å²) in [5.74, 6) is 1.36. The van der Waals surface area contributed by atoms with E-state index in [2.05, 4.69) is 25.0 Å². The lowest BCUT2D eigenvalue weighted by molar-refractivity contribution is 0.454. The fourth-order valence-electron chi connectivity index (χ4n) is 3.25. The molecule has 1 N–H and O–H groups in total. The maximum absolute atomic E-state index is 12.9. The zero-order chi connectivity index (χ0) is 22.8. The molecule has 0 radical (unpaired) electrons. The van der Waals surface area contributed by atoms with Crippen LogP contribution in [-0.4, -0.2) is 33.4 Å². The van der Waals surface area contributed by atoms with Crippen LogP contribution in [-0.2, 0) is 10.0 Å². The monoisotopic (exact) mass is 458 g/mol. The summed E-state index contributed by atoms with van der Waals surface area (Å²) < 4.78 is 35.8. The molecule has 3 aromatic heterocycles. The van der Waals surface area contributed by atoms with Crippen LogP contribution in [0.15, 0.2) is 90.1 Å². The molecule has 0 saturated heterocycles. The topological polar surface area (TPSA) is 112 Å². The minimum absolute atomic E-state index is 0.115. The largest absolute Gasteiger partial charge is 0.438 e. The van der Waals surface area contributed by atoms with E-state index < -0.39 is 10.0 Å². The first-order chi connectivity index (χ1) is 16.0. The molecule has 0 unspecified atom stereocenters. The van der Waals surface area contributed by atoms with E-state index in [4.69, 9.17) is 4.74 Å². The molecular weight excluding hydrogens is 440 g/mol. The van der Waals surface area contributed by atoms with Crippen LogP contribution in [0.4, 0.5) is 5.69 Å². The number of benzene rings is 2. The van der Waals surface area contributed by atoms with Crippen molar-refractivity contribution in [1.29, 1.82) is 0 Å². The summed E-state index contributed by atoms with van der Waals surface area (Å²) in [5.41, 5.74) is 1.69. The number of nitrogens with zero attached hydrogens (tertiary/aromatic N) is 5. The van der Waals surface area contributed by atoms with Crippen molar-refractivity contribution in [2.75, 3.05) is 4.72 Å². The molecule has 5 aromatic rings. The number of rotatable bonds is 6. The van der Waals surface area contributed by atoms with Gasteiger partial charge in [-0.1, -0.05) is 18.2 Å². The van der Waals surface area contributed by atoms with Gasteiger partial charge in [-0.2, -0.15) is 5.10 Å². The molecule has 164 valence electrons. The van der Waals surface area contributed by atoms with Crippen LogP contribution < -0.4 is 9.46 Å². The molecule has 33 heavy (non-hydrogen) atoms. The second kappa shape index (κ2) is 8.32. The molecule has 0 spiro atoms. The van der Waals surface area contributed by atoms with Gasteiger partial charge in [-0.05, 0) is 55.5 Å². The zero-order valence-corrected chi connectivity index (χ0v) is 18.3. The van der Waals surface area contributed by atoms with Crippen LogP contribution >= 0.6 is 0 Å². The summed E-state index contributed by atoms with van der Waals surface area (Å²) in [7, 11) is -3.83. The molecule has 0 amide bonds. The molecule has 9 nitrogen and oxygen atoms in total. The average Bonchev–Trinajstić information content (AvgIpc) is 3.26. The van der Waals surface area contributed by atoms with Crippen LogP contribution in [0.3, 0.4) is 0 Å². The van der Waals surface area contributed by atoms with Crippen molar-refractivity contribution in [1.82, 2.24) is 25.0 Å². The van der Waals surface area contributed by atoms with Gasteiger partial charge in [0, 0.05) is 29.5 Å². The Morgan fingerprint density at radius 3 is 2.45 bits per heavy atom. The lowest BCUT2D eigenvalue weighted by Crippen LogP contribution is -2.13. The van der Waals surface area contributed by atoms with E-state index >= 15 is 0 Å². The number of hydrogen-bond acceptors (Lipinski definition) is 7.